The van der Waals surface area contributed by atoms with E-state index in [0.717, 1.165) is 79.7 Å². The molecule has 0 saturated carbocycles. The highest BCUT2D eigenvalue weighted by Gasteiger charge is 2.22. The third-order valence-electron chi connectivity index (χ3n) is 10.6. The minimum absolute atomic E-state index is 0.360. The molecule has 6 heteroatoms. The van der Waals surface area contributed by atoms with Gasteiger partial charge in [-0.2, -0.15) is 0 Å². The molecule has 0 unspecified atom stereocenters. The van der Waals surface area contributed by atoms with Gasteiger partial charge in [0.2, 0.25) is 0 Å². The van der Waals surface area contributed by atoms with Crippen LogP contribution in [0.15, 0.2) is 169 Å². The fourth-order valence-electron chi connectivity index (χ4n) is 7.97. The van der Waals surface area contributed by atoms with Crippen LogP contribution in [0.3, 0.4) is 0 Å². The smallest absolute Gasteiger partial charge is 0.115 e. The standard InChI is InChI=1S/C50H44N6.C2H6/c1-6-8-22-45-35(3)40-25-26-41-36(4)46(23-9-7-2)56(39-20-16-13-17-21-39)50(41)49(40)54(45)34-53-44(28-30-51-5)37-24-27-47-42(32-37)43-33-52-31-29-48(43)55(47)38-18-14-11-10-12-15-19-38;1-2/h6-9,11,13-33H,1-2,5,10,12,34H2,3-4H3;1-2H3/b14-11-,19-15?,22-8-,23-9-,30-28-,38-18+,53-44+;. The average molecular weight is 759 g/mol. The summed E-state index contributed by atoms with van der Waals surface area (Å²) in [5.41, 5.74) is 13.0. The van der Waals surface area contributed by atoms with Crippen molar-refractivity contribution in [2.75, 3.05) is 0 Å². The molecule has 0 atom stereocenters. The third-order valence-corrected chi connectivity index (χ3v) is 10.6. The van der Waals surface area contributed by atoms with E-state index < -0.39 is 0 Å². The molecule has 1 aliphatic carbocycles. The van der Waals surface area contributed by atoms with Crippen molar-refractivity contribution >= 4 is 73.9 Å². The van der Waals surface area contributed by atoms with Gasteiger partial charge in [0.25, 0.3) is 0 Å². The first kappa shape index (κ1) is 39.2. The molecule has 8 rings (SSSR count). The van der Waals surface area contributed by atoms with Gasteiger partial charge in [-0.3, -0.25) is 15.0 Å². The zero-order valence-electron chi connectivity index (χ0n) is 33.9. The molecule has 3 aromatic carbocycles. The van der Waals surface area contributed by atoms with Crippen LogP contribution in [0.25, 0.3) is 67.1 Å². The lowest BCUT2D eigenvalue weighted by Crippen LogP contribution is -2.05. The zero-order chi connectivity index (χ0) is 40.6. The maximum Gasteiger partial charge on any atom is 0.115 e. The number of pyridine rings is 1. The number of hydrogen-bond donors (Lipinski definition) is 0. The molecule has 0 aliphatic heterocycles. The molecule has 7 aromatic rings. The summed E-state index contributed by atoms with van der Waals surface area (Å²) in [6, 6.07) is 23.7. The molecule has 0 radical (unpaired) electrons. The lowest BCUT2D eigenvalue weighted by molar-refractivity contribution is 0.758. The maximum atomic E-state index is 5.38. The Kier molecular flexibility index (Phi) is 12.0. The summed E-state index contributed by atoms with van der Waals surface area (Å²) >= 11 is 0. The number of para-hydroxylation sites is 1. The van der Waals surface area contributed by atoms with Gasteiger partial charge in [0.05, 0.1) is 27.8 Å². The zero-order valence-corrected chi connectivity index (χ0v) is 33.9. The van der Waals surface area contributed by atoms with Crippen LogP contribution in [0, 0.1) is 13.8 Å². The average Bonchev–Trinajstić information content (AvgIpc) is 3.83. The van der Waals surface area contributed by atoms with Crippen molar-refractivity contribution in [1.29, 1.82) is 0 Å². The maximum absolute atomic E-state index is 5.38. The van der Waals surface area contributed by atoms with Crippen molar-refractivity contribution in [3.63, 3.8) is 0 Å². The van der Waals surface area contributed by atoms with Crippen LogP contribution >= 0.6 is 0 Å². The molecule has 4 heterocycles. The predicted octanol–water partition coefficient (Wildman–Crippen LogP) is 13.5. The van der Waals surface area contributed by atoms with Crippen LogP contribution in [0.2, 0.25) is 0 Å². The Morgan fingerprint density at radius 2 is 1.48 bits per heavy atom. The molecular formula is C52H50N6. The number of aromatic nitrogens is 4. The van der Waals surface area contributed by atoms with E-state index in [0.29, 0.717) is 6.67 Å². The fourth-order valence-corrected chi connectivity index (χ4v) is 7.97. The van der Waals surface area contributed by atoms with E-state index in [1.807, 2.05) is 56.6 Å². The van der Waals surface area contributed by atoms with Crippen LogP contribution in [-0.2, 0) is 6.67 Å². The monoisotopic (exact) mass is 758 g/mol. The van der Waals surface area contributed by atoms with E-state index in [9.17, 15) is 0 Å². The number of hydrogen-bond acceptors (Lipinski definition) is 3. The van der Waals surface area contributed by atoms with Crippen molar-refractivity contribution in [3.05, 3.63) is 187 Å². The number of aryl methyl sites for hydroxylation is 2. The largest absolute Gasteiger partial charge is 0.319 e. The quantitative estimate of drug-likeness (QED) is 0.0957. The van der Waals surface area contributed by atoms with E-state index in [2.05, 4.69) is 167 Å². The van der Waals surface area contributed by atoms with Crippen LogP contribution in [0.4, 0.5) is 0 Å². The SMILES string of the molecule is C=C/C=C\c1c(C)c2ccc3c(C)c(/C=C\C=C)n(-c4ccccc4)c3c2n1C/N=C(\C=C/N=C)c1ccc2c(c1)c1cnccc1n2/C1=C/C=C\CCC=C1.CC. The Morgan fingerprint density at radius 3 is 2.24 bits per heavy atom. The summed E-state index contributed by atoms with van der Waals surface area (Å²) in [5.74, 6) is 0. The molecule has 58 heavy (non-hydrogen) atoms. The third kappa shape index (κ3) is 7.21. The van der Waals surface area contributed by atoms with Crippen molar-refractivity contribution in [3.8, 4) is 5.69 Å². The summed E-state index contributed by atoms with van der Waals surface area (Å²) in [4.78, 5) is 14.0. The van der Waals surface area contributed by atoms with Crippen LogP contribution in [-0.4, -0.2) is 31.1 Å². The molecule has 0 bridgehead atoms. The topological polar surface area (TPSA) is 52.4 Å². The Hall–Kier alpha value is -7.05. The first-order chi connectivity index (χ1) is 28.5. The van der Waals surface area contributed by atoms with E-state index >= 15 is 0 Å². The van der Waals surface area contributed by atoms with Crippen molar-refractivity contribution in [2.24, 2.45) is 9.98 Å². The van der Waals surface area contributed by atoms with Crippen molar-refractivity contribution in [1.82, 2.24) is 18.7 Å². The molecule has 288 valence electrons. The molecule has 0 saturated heterocycles. The van der Waals surface area contributed by atoms with Crippen LogP contribution in [0.1, 0.15) is 54.8 Å². The molecule has 4 aromatic heterocycles. The Bertz CT molecular complexity index is 2890. The number of rotatable bonds is 11. The molecule has 0 amide bonds. The molecule has 0 fully saturated rings. The number of nitrogens with zero attached hydrogens (tertiary/aromatic N) is 6. The highest BCUT2D eigenvalue weighted by molar-refractivity contribution is 6.16. The van der Waals surface area contributed by atoms with Gasteiger partial charge in [0.15, 0.2) is 0 Å². The second-order valence-electron chi connectivity index (χ2n) is 13.8. The summed E-state index contributed by atoms with van der Waals surface area (Å²) in [6.07, 6.45) is 32.5. The second kappa shape index (κ2) is 17.8. The van der Waals surface area contributed by atoms with Gasteiger partial charge < -0.3 is 13.7 Å². The normalized spacial score (nSPS) is 15.0. The van der Waals surface area contributed by atoms with Crippen molar-refractivity contribution in [2.45, 2.75) is 47.2 Å². The summed E-state index contributed by atoms with van der Waals surface area (Å²) in [5, 5.41) is 4.54. The predicted molar refractivity (Wildman–Crippen MR) is 252 cm³/mol. The molecule has 6 nitrogen and oxygen atoms in total. The number of fused-ring (bicyclic) bond motifs is 6. The fraction of sp³-hybridized carbons (Fsp3) is 0.135. The molecular weight excluding hydrogens is 709 g/mol. The van der Waals surface area contributed by atoms with Crippen molar-refractivity contribution < 1.29 is 0 Å². The summed E-state index contributed by atoms with van der Waals surface area (Å²) in [6.45, 7) is 20.4. The highest BCUT2D eigenvalue weighted by Crippen LogP contribution is 2.39. The summed E-state index contributed by atoms with van der Waals surface area (Å²) < 4.78 is 7.02. The minimum atomic E-state index is 0.360. The lowest BCUT2D eigenvalue weighted by Gasteiger charge is -2.13. The van der Waals surface area contributed by atoms with Gasteiger partial charge in [-0.05, 0) is 105 Å². The Labute approximate surface area is 341 Å². The minimum Gasteiger partial charge on any atom is -0.319 e. The first-order valence-electron chi connectivity index (χ1n) is 19.9. The Morgan fingerprint density at radius 1 is 0.776 bits per heavy atom. The summed E-state index contributed by atoms with van der Waals surface area (Å²) in [7, 11) is 0. The highest BCUT2D eigenvalue weighted by atomic mass is 15.1. The van der Waals surface area contributed by atoms with Gasteiger partial charge in [0.1, 0.15) is 6.67 Å². The molecule has 1 aliphatic rings. The van der Waals surface area contributed by atoms with Gasteiger partial charge >= 0.3 is 0 Å². The molecule has 0 spiro atoms. The van der Waals surface area contributed by atoms with Gasteiger partial charge in [0, 0.05) is 68.5 Å². The number of benzene rings is 3. The van der Waals surface area contributed by atoms with Gasteiger partial charge in [-0.15, -0.1) is 0 Å². The van der Waals surface area contributed by atoms with Gasteiger partial charge in [-0.25, -0.2) is 0 Å². The van der Waals surface area contributed by atoms with E-state index in [1.165, 1.54) is 21.9 Å². The molecule has 0 N–H and O–H groups in total. The van der Waals surface area contributed by atoms with Crippen LogP contribution < -0.4 is 0 Å². The van der Waals surface area contributed by atoms with E-state index in [1.54, 1.807) is 6.20 Å². The van der Waals surface area contributed by atoms with Gasteiger partial charge in [-0.1, -0.05) is 106 Å². The number of aliphatic imine (C=N–C) groups is 2. The Balaban J connectivity index is 0.00000252. The lowest BCUT2D eigenvalue weighted by atomic mass is 10.1. The first-order valence-corrected chi connectivity index (χ1v) is 19.9. The van der Waals surface area contributed by atoms with E-state index in [-0.39, 0.29) is 0 Å². The van der Waals surface area contributed by atoms with Crippen LogP contribution in [0.5, 0.6) is 0 Å². The number of allylic oxidation sites excluding steroid dienone is 11. The second-order valence-corrected chi connectivity index (χ2v) is 13.8. The van der Waals surface area contributed by atoms with E-state index in [4.69, 9.17) is 4.99 Å².